The highest BCUT2D eigenvalue weighted by atomic mass is 35.5. The molecule has 0 radical (unpaired) electrons. The van der Waals surface area contributed by atoms with Crippen molar-refractivity contribution < 1.29 is 0 Å². The van der Waals surface area contributed by atoms with E-state index in [1.165, 1.54) is 0 Å². The molecule has 0 bridgehead atoms. The normalized spacial score (nSPS) is 14.9. The topological polar surface area (TPSA) is 26.0 Å². The van der Waals surface area contributed by atoms with Gasteiger partial charge in [-0.3, -0.25) is 0 Å². The first kappa shape index (κ1) is 8.42. The van der Waals surface area contributed by atoms with Crippen molar-refractivity contribution in [3.63, 3.8) is 0 Å². The van der Waals surface area contributed by atoms with Gasteiger partial charge in [-0.1, -0.05) is 19.1 Å². The minimum atomic E-state index is -0.000000000000000222. The number of halogens is 1. The number of nitrogens with two attached hydrogens (primary N) is 1. The molecule has 0 aromatic carbocycles. The van der Waals surface area contributed by atoms with E-state index in [9.17, 15) is 0 Å². The summed E-state index contributed by atoms with van der Waals surface area (Å²) in [4.78, 5) is 0. The molecule has 2 N–H and O–H groups in total. The van der Waals surface area contributed by atoms with Crippen LogP contribution in [0.25, 0.3) is 0 Å². The Morgan fingerprint density at radius 3 is 2.62 bits per heavy atom. The minimum absolute atomic E-state index is 0.000000000000000222. The maximum Gasteiger partial charge on any atom is 0.0842 e. The molecule has 2 atom stereocenters. The smallest absolute Gasteiger partial charge is 0.0842 e. The second kappa shape index (κ2) is 4.31. The lowest BCUT2D eigenvalue weighted by molar-refractivity contribution is 1.09. The fraction of sp³-hybridized carbons (Fsp3) is 0.600. The van der Waals surface area contributed by atoms with Crippen molar-refractivity contribution in [2.24, 2.45) is 5.50 Å². The average molecular weight is 152 g/mol. The summed E-state index contributed by atoms with van der Waals surface area (Å²) in [6.45, 7) is 5.76. The summed E-state index contributed by atoms with van der Waals surface area (Å²) < 4.78 is 0. The summed E-state index contributed by atoms with van der Waals surface area (Å²) in [5, 5.41) is -0.000000000000000222. The van der Waals surface area contributed by atoms with E-state index in [-0.39, 0.29) is 13.8 Å². The molecule has 0 saturated carbocycles. The van der Waals surface area contributed by atoms with Crippen LogP contribution in [0.15, 0.2) is 12.2 Å². The van der Waals surface area contributed by atoms with Gasteiger partial charge in [-0.25, -0.2) is 0 Å². The summed E-state index contributed by atoms with van der Waals surface area (Å²) in [6.07, 6.45) is 0.929. The van der Waals surface area contributed by atoms with Gasteiger partial charge in [0.2, 0.25) is 0 Å². The van der Waals surface area contributed by atoms with Crippen LogP contribution in [0.4, 0.5) is 0 Å². The average Bonchev–Trinajstić information content (AvgIpc) is 1.84. The molecule has 0 aromatic rings. The van der Waals surface area contributed by atoms with Gasteiger partial charge in [0.1, 0.15) is 0 Å². The molecule has 0 heterocycles. The van der Waals surface area contributed by atoms with Crippen molar-refractivity contribution in [3.8, 4) is 0 Å². The summed E-state index contributed by atoms with van der Waals surface area (Å²) >= 11 is 5.70. The van der Waals surface area contributed by atoms with Crippen molar-refractivity contribution in [3.05, 3.63) is 12.2 Å². The number of allylic oxidation sites excluding steroid dienone is 1. The van der Waals surface area contributed by atoms with Gasteiger partial charge in [0.05, 0.1) is 5.12 Å². The van der Waals surface area contributed by atoms with E-state index >= 15 is 0 Å². The lowest BCUT2D eigenvalue weighted by Gasteiger charge is -2.05. The van der Waals surface area contributed by atoms with Crippen molar-refractivity contribution in [1.29, 1.82) is 0 Å². The number of hydrogen-bond acceptors (Lipinski definition) is 1. The Hall–Kier alpha value is 0.420. The fourth-order valence-corrected chi connectivity index (χ4v) is 0.891. The molecule has 0 aromatic heterocycles. The minimum Gasteiger partial charge on any atom is -0.311 e. The molecule has 3 heteroatoms. The third kappa shape index (κ3) is 2.66. The van der Waals surface area contributed by atoms with Gasteiger partial charge >= 0.3 is 0 Å². The van der Waals surface area contributed by atoms with E-state index < -0.39 is 0 Å². The molecule has 2 unspecified atom stereocenters. The van der Waals surface area contributed by atoms with E-state index in [1.54, 1.807) is 0 Å². The fourth-order valence-electron chi connectivity index (χ4n) is 0.297. The van der Waals surface area contributed by atoms with E-state index in [1.807, 2.05) is 6.92 Å². The van der Waals surface area contributed by atoms with Crippen molar-refractivity contribution in [1.82, 2.24) is 0 Å². The molecule has 48 valence electrons. The zero-order chi connectivity index (χ0) is 6.57. The molecule has 8 heavy (non-hydrogen) atoms. The molecule has 0 aliphatic rings. The summed E-state index contributed by atoms with van der Waals surface area (Å²) in [5.41, 5.74) is 6.32. The third-order valence-corrected chi connectivity index (χ3v) is 2.35. The molecular weight excluding hydrogens is 140 g/mol. The van der Waals surface area contributed by atoms with Crippen LogP contribution >= 0.6 is 20.3 Å². The SMILES string of the molecule is C=C(CC)C(Cl)PN. The second-order valence-electron chi connectivity index (χ2n) is 1.54. The molecule has 0 rings (SSSR count). The van der Waals surface area contributed by atoms with Gasteiger partial charge in [-0.15, -0.1) is 11.6 Å². The molecule has 0 saturated heterocycles. The van der Waals surface area contributed by atoms with Crippen LogP contribution < -0.4 is 5.50 Å². The number of hydrogen-bond donors (Lipinski definition) is 1. The molecular formula is C5H11ClNP. The largest absolute Gasteiger partial charge is 0.311 e. The molecule has 1 nitrogen and oxygen atoms in total. The first-order chi connectivity index (χ1) is 3.72. The van der Waals surface area contributed by atoms with Crippen LogP contribution in [-0.4, -0.2) is 5.12 Å². The van der Waals surface area contributed by atoms with Crippen molar-refractivity contribution >= 4 is 20.3 Å². The quantitative estimate of drug-likeness (QED) is 0.373. The zero-order valence-corrected chi connectivity index (χ0v) is 6.70. The zero-order valence-electron chi connectivity index (χ0n) is 4.95. The van der Waals surface area contributed by atoms with E-state index in [4.69, 9.17) is 17.1 Å². The predicted molar refractivity (Wildman–Crippen MR) is 41.6 cm³/mol. The van der Waals surface area contributed by atoms with E-state index in [0.29, 0.717) is 0 Å². The van der Waals surface area contributed by atoms with Gasteiger partial charge < -0.3 is 5.50 Å². The third-order valence-electron chi connectivity index (χ3n) is 0.959. The van der Waals surface area contributed by atoms with Crippen LogP contribution in [0.2, 0.25) is 0 Å². The van der Waals surface area contributed by atoms with Crippen LogP contribution in [0.5, 0.6) is 0 Å². The molecule has 0 fully saturated rings. The van der Waals surface area contributed by atoms with E-state index in [0.717, 1.165) is 12.0 Å². The Morgan fingerprint density at radius 1 is 2.00 bits per heavy atom. The Labute approximate surface area is 57.1 Å². The van der Waals surface area contributed by atoms with Crippen LogP contribution in [0.1, 0.15) is 13.3 Å². The Morgan fingerprint density at radius 2 is 2.50 bits per heavy atom. The predicted octanol–water partition coefficient (Wildman–Crippen LogP) is 2.07. The van der Waals surface area contributed by atoms with Gasteiger partial charge in [0, 0.05) is 0 Å². The summed E-state index contributed by atoms with van der Waals surface area (Å²) in [5.74, 6) is 0. The first-order valence-electron chi connectivity index (χ1n) is 2.50. The number of alkyl halides is 1. The molecule has 0 spiro atoms. The molecule has 0 amide bonds. The lowest BCUT2D eigenvalue weighted by atomic mass is 10.3. The molecule has 0 aliphatic heterocycles. The van der Waals surface area contributed by atoms with Gasteiger partial charge in [0.25, 0.3) is 0 Å². The van der Waals surface area contributed by atoms with Crippen LogP contribution in [-0.2, 0) is 0 Å². The highest BCUT2D eigenvalue weighted by molar-refractivity contribution is 7.39. The highest BCUT2D eigenvalue weighted by Crippen LogP contribution is 2.23. The van der Waals surface area contributed by atoms with Crippen molar-refractivity contribution in [2.75, 3.05) is 0 Å². The highest BCUT2D eigenvalue weighted by Gasteiger charge is 2.02. The maximum atomic E-state index is 5.70. The number of rotatable bonds is 3. The lowest BCUT2D eigenvalue weighted by Crippen LogP contribution is -1.95. The second-order valence-corrected chi connectivity index (χ2v) is 3.25. The summed E-state index contributed by atoms with van der Waals surface area (Å²) in [7, 11) is 0.285. The van der Waals surface area contributed by atoms with E-state index in [2.05, 4.69) is 6.58 Å². The van der Waals surface area contributed by atoms with Gasteiger partial charge in [-0.05, 0) is 15.2 Å². The Kier molecular flexibility index (Phi) is 4.54. The summed E-state index contributed by atoms with van der Waals surface area (Å²) in [6, 6.07) is 0. The first-order valence-corrected chi connectivity index (χ1v) is 4.09. The van der Waals surface area contributed by atoms with Gasteiger partial charge in [-0.2, -0.15) is 0 Å². The Balaban J connectivity index is 3.46. The maximum absolute atomic E-state index is 5.70. The standard InChI is InChI=1S/C5H11ClNP/c1-3-4(2)5(6)8-7/h5,8H,2-3,7H2,1H3. The molecule has 0 aliphatic carbocycles. The van der Waals surface area contributed by atoms with Gasteiger partial charge in [0.15, 0.2) is 0 Å². The van der Waals surface area contributed by atoms with Crippen molar-refractivity contribution in [2.45, 2.75) is 18.5 Å². The monoisotopic (exact) mass is 151 g/mol. The van der Waals surface area contributed by atoms with Crippen LogP contribution in [0.3, 0.4) is 0 Å². The Bertz CT molecular complexity index is 84.5. The van der Waals surface area contributed by atoms with Crippen LogP contribution in [0, 0.1) is 0 Å².